The summed E-state index contributed by atoms with van der Waals surface area (Å²) in [7, 11) is 0. The van der Waals surface area contributed by atoms with E-state index in [4.69, 9.17) is 5.26 Å². The number of alkyl halides is 2. The topological polar surface area (TPSA) is 62.1 Å². The third-order valence-electron chi connectivity index (χ3n) is 2.24. The van der Waals surface area contributed by atoms with Crippen molar-refractivity contribution in [2.75, 3.05) is 18.5 Å². The molecule has 0 heterocycles. The Morgan fingerprint density at radius 1 is 1.37 bits per heavy atom. The lowest BCUT2D eigenvalue weighted by molar-refractivity contribution is -0.117. The second-order valence-corrected chi connectivity index (χ2v) is 3.80. The van der Waals surface area contributed by atoms with Gasteiger partial charge in [0.2, 0.25) is 5.91 Å². The van der Waals surface area contributed by atoms with Crippen molar-refractivity contribution >= 4 is 11.6 Å². The zero-order valence-electron chi connectivity index (χ0n) is 10.2. The summed E-state index contributed by atoms with van der Waals surface area (Å²) in [5.41, 5.74) is 1.46. The van der Waals surface area contributed by atoms with E-state index in [1.807, 2.05) is 6.07 Å². The summed E-state index contributed by atoms with van der Waals surface area (Å²) >= 11 is 0. The van der Waals surface area contributed by atoms with Gasteiger partial charge in [0.05, 0.1) is 25.5 Å². The predicted octanol–water partition coefficient (Wildman–Crippen LogP) is 2.36. The van der Waals surface area contributed by atoms with Crippen LogP contribution in [0.1, 0.15) is 12.0 Å². The van der Waals surface area contributed by atoms with E-state index in [2.05, 4.69) is 10.1 Å². The van der Waals surface area contributed by atoms with Crippen LogP contribution in [0.25, 0.3) is 0 Å². The second-order valence-electron chi connectivity index (χ2n) is 3.80. The Bertz CT molecular complexity index is 441. The minimum absolute atomic E-state index is 0.0205. The number of halogens is 2. The Morgan fingerprint density at radius 2 is 2.05 bits per heavy atom. The molecule has 1 N–H and O–H groups in total. The standard InChI is InChI=1S/C13H14F2N2O2/c14-12(15)9-19-8-6-13(18)17-11-3-1-10(2-4-11)5-7-16/h1-4,12H,5-6,8-9H2,(H,17,18). The van der Waals surface area contributed by atoms with E-state index < -0.39 is 13.0 Å². The molecule has 0 fully saturated rings. The third kappa shape index (κ3) is 6.48. The SMILES string of the molecule is N#CCc1ccc(NC(=O)CCOCC(F)F)cc1. The van der Waals surface area contributed by atoms with Gasteiger partial charge in [0.1, 0.15) is 6.61 Å². The highest BCUT2D eigenvalue weighted by Crippen LogP contribution is 2.10. The quantitative estimate of drug-likeness (QED) is 0.772. The molecule has 1 amide bonds. The molecule has 6 heteroatoms. The molecular formula is C13H14F2N2O2. The molecule has 0 aliphatic carbocycles. The molecule has 19 heavy (non-hydrogen) atoms. The predicted molar refractivity (Wildman–Crippen MR) is 65.8 cm³/mol. The Labute approximate surface area is 110 Å². The van der Waals surface area contributed by atoms with Gasteiger partial charge in [-0.25, -0.2) is 8.78 Å². The second kappa shape index (κ2) is 8.16. The van der Waals surface area contributed by atoms with E-state index in [1.165, 1.54) is 0 Å². The number of carbonyl (C=O) groups is 1. The number of hydrogen-bond acceptors (Lipinski definition) is 3. The number of nitriles is 1. The molecule has 0 unspecified atom stereocenters. The fourth-order valence-electron chi connectivity index (χ4n) is 1.36. The summed E-state index contributed by atoms with van der Waals surface area (Å²) < 4.78 is 28.1. The lowest BCUT2D eigenvalue weighted by atomic mass is 10.1. The van der Waals surface area contributed by atoms with Gasteiger partial charge in [-0.1, -0.05) is 12.1 Å². The van der Waals surface area contributed by atoms with Crippen LogP contribution in [-0.4, -0.2) is 25.5 Å². The van der Waals surface area contributed by atoms with Gasteiger partial charge in [0.15, 0.2) is 0 Å². The number of nitrogens with one attached hydrogen (secondary N) is 1. The summed E-state index contributed by atoms with van der Waals surface area (Å²) in [6, 6.07) is 8.88. The fraction of sp³-hybridized carbons (Fsp3) is 0.385. The molecule has 0 aliphatic heterocycles. The van der Waals surface area contributed by atoms with Gasteiger partial charge in [-0.2, -0.15) is 5.26 Å². The number of amides is 1. The van der Waals surface area contributed by atoms with Crippen LogP contribution in [0.4, 0.5) is 14.5 Å². The van der Waals surface area contributed by atoms with E-state index in [-0.39, 0.29) is 18.9 Å². The molecule has 102 valence electrons. The van der Waals surface area contributed by atoms with E-state index in [1.54, 1.807) is 24.3 Å². The zero-order valence-corrected chi connectivity index (χ0v) is 10.2. The molecule has 0 saturated heterocycles. The molecule has 4 nitrogen and oxygen atoms in total. The van der Waals surface area contributed by atoms with Crippen molar-refractivity contribution in [3.05, 3.63) is 29.8 Å². The maximum absolute atomic E-state index is 11.8. The summed E-state index contributed by atoms with van der Waals surface area (Å²) in [6.07, 6.45) is -2.18. The molecule has 0 aliphatic rings. The van der Waals surface area contributed by atoms with Crippen LogP contribution < -0.4 is 5.32 Å². The van der Waals surface area contributed by atoms with Crippen molar-refractivity contribution in [2.24, 2.45) is 0 Å². The smallest absolute Gasteiger partial charge is 0.261 e. The van der Waals surface area contributed by atoms with Gasteiger partial charge in [-0.3, -0.25) is 4.79 Å². The summed E-state index contributed by atoms with van der Waals surface area (Å²) in [6.45, 7) is -0.696. The normalized spacial score (nSPS) is 10.2. The largest absolute Gasteiger partial charge is 0.375 e. The number of ether oxygens (including phenoxy) is 1. The molecular weight excluding hydrogens is 254 g/mol. The minimum Gasteiger partial charge on any atom is -0.375 e. The third-order valence-corrected chi connectivity index (χ3v) is 2.24. The van der Waals surface area contributed by atoms with Gasteiger partial charge in [-0.15, -0.1) is 0 Å². The van der Waals surface area contributed by atoms with E-state index >= 15 is 0 Å². The van der Waals surface area contributed by atoms with Crippen LogP contribution >= 0.6 is 0 Å². The number of hydrogen-bond donors (Lipinski definition) is 1. The van der Waals surface area contributed by atoms with Crippen LogP contribution in [-0.2, 0) is 16.0 Å². The van der Waals surface area contributed by atoms with Crippen molar-refractivity contribution in [3.8, 4) is 6.07 Å². The van der Waals surface area contributed by atoms with Crippen LogP contribution in [0.2, 0.25) is 0 Å². The molecule has 0 radical (unpaired) electrons. The summed E-state index contributed by atoms with van der Waals surface area (Å²) in [5, 5.41) is 11.1. The highest BCUT2D eigenvalue weighted by molar-refractivity contribution is 5.90. The summed E-state index contributed by atoms with van der Waals surface area (Å²) in [5.74, 6) is -0.303. The monoisotopic (exact) mass is 268 g/mol. The van der Waals surface area contributed by atoms with Crippen LogP contribution in [0.3, 0.4) is 0 Å². The van der Waals surface area contributed by atoms with Crippen LogP contribution in [0.15, 0.2) is 24.3 Å². The lowest BCUT2D eigenvalue weighted by Crippen LogP contribution is -2.15. The highest BCUT2D eigenvalue weighted by Gasteiger charge is 2.05. The van der Waals surface area contributed by atoms with Crippen molar-refractivity contribution in [3.63, 3.8) is 0 Å². The van der Waals surface area contributed by atoms with Gasteiger partial charge in [0, 0.05) is 5.69 Å². The molecule has 0 spiro atoms. The van der Waals surface area contributed by atoms with Crippen molar-refractivity contribution in [2.45, 2.75) is 19.3 Å². The van der Waals surface area contributed by atoms with E-state index in [0.29, 0.717) is 12.1 Å². The average Bonchev–Trinajstić information content (AvgIpc) is 2.37. The first kappa shape index (κ1) is 15.1. The maximum Gasteiger partial charge on any atom is 0.261 e. The van der Waals surface area contributed by atoms with E-state index in [9.17, 15) is 13.6 Å². The Kier molecular flexibility index (Phi) is 6.47. The van der Waals surface area contributed by atoms with E-state index in [0.717, 1.165) is 5.56 Å². The number of anilines is 1. The number of nitrogens with zero attached hydrogens (tertiary/aromatic N) is 1. The van der Waals surface area contributed by atoms with Gasteiger partial charge in [-0.05, 0) is 17.7 Å². The molecule has 0 bridgehead atoms. The number of rotatable bonds is 7. The van der Waals surface area contributed by atoms with Crippen molar-refractivity contribution in [1.29, 1.82) is 5.26 Å². The Morgan fingerprint density at radius 3 is 2.63 bits per heavy atom. The first-order valence-electron chi connectivity index (χ1n) is 5.73. The Balaban J connectivity index is 2.30. The van der Waals surface area contributed by atoms with Crippen LogP contribution in [0.5, 0.6) is 0 Å². The molecule has 1 aromatic carbocycles. The maximum atomic E-state index is 11.8. The van der Waals surface area contributed by atoms with Crippen molar-refractivity contribution < 1.29 is 18.3 Å². The Hall–Kier alpha value is -2.00. The number of benzene rings is 1. The van der Waals surface area contributed by atoms with Gasteiger partial charge >= 0.3 is 0 Å². The molecule has 0 saturated carbocycles. The minimum atomic E-state index is -2.52. The lowest BCUT2D eigenvalue weighted by Gasteiger charge is -2.06. The molecule has 1 aromatic rings. The first-order valence-corrected chi connectivity index (χ1v) is 5.73. The fourth-order valence-corrected chi connectivity index (χ4v) is 1.36. The summed E-state index contributed by atoms with van der Waals surface area (Å²) in [4.78, 5) is 11.4. The van der Waals surface area contributed by atoms with Gasteiger partial charge < -0.3 is 10.1 Å². The highest BCUT2D eigenvalue weighted by atomic mass is 19.3. The van der Waals surface area contributed by atoms with Crippen LogP contribution in [0, 0.1) is 11.3 Å². The average molecular weight is 268 g/mol. The zero-order chi connectivity index (χ0) is 14.1. The number of carbonyl (C=O) groups excluding carboxylic acids is 1. The molecule has 0 aromatic heterocycles. The first-order chi connectivity index (χ1) is 9.11. The molecule has 0 atom stereocenters. The van der Waals surface area contributed by atoms with Gasteiger partial charge in [0.25, 0.3) is 6.43 Å². The molecule has 1 rings (SSSR count). The van der Waals surface area contributed by atoms with Crippen molar-refractivity contribution in [1.82, 2.24) is 0 Å².